The molecule has 1 aliphatic heterocycles. The van der Waals surface area contributed by atoms with Gasteiger partial charge in [0.2, 0.25) is 0 Å². The number of hydrogen-bond acceptors (Lipinski definition) is 6. The van der Waals surface area contributed by atoms with Crippen LogP contribution in [0.4, 0.5) is 0 Å². The van der Waals surface area contributed by atoms with Gasteiger partial charge in [0.15, 0.2) is 0 Å². The van der Waals surface area contributed by atoms with E-state index in [1.54, 1.807) is 18.2 Å². The molecule has 2 aromatic rings. The Labute approximate surface area is 200 Å². The minimum absolute atomic E-state index is 0.0469. The summed E-state index contributed by atoms with van der Waals surface area (Å²) in [5, 5.41) is 11.3. The van der Waals surface area contributed by atoms with Crippen LogP contribution in [-0.4, -0.2) is 55.2 Å². The lowest BCUT2D eigenvalue weighted by Gasteiger charge is -2.25. The lowest BCUT2D eigenvalue weighted by Crippen LogP contribution is -2.32. The lowest BCUT2D eigenvalue weighted by atomic mass is 9.94. The van der Waals surface area contributed by atoms with Gasteiger partial charge in [0.05, 0.1) is 31.4 Å². The maximum absolute atomic E-state index is 13.1. The van der Waals surface area contributed by atoms with E-state index in [0.717, 1.165) is 5.56 Å². The average Bonchev–Trinajstić information content (AvgIpc) is 3.07. The van der Waals surface area contributed by atoms with Gasteiger partial charge in [0.1, 0.15) is 17.3 Å². The molecule has 1 heterocycles. The number of hydrogen-bond donors (Lipinski definition) is 1. The molecule has 1 atom stereocenters. The van der Waals surface area contributed by atoms with Crippen LogP contribution in [0.2, 0.25) is 0 Å². The Morgan fingerprint density at radius 1 is 1.12 bits per heavy atom. The molecule has 0 aromatic heterocycles. The van der Waals surface area contributed by atoms with Crippen LogP contribution >= 0.6 is 0 Å². The topological polar surface area (TPSA) is 85.3 Å². The largest absolute Gasteiger partial charge is 0.507 e. The number of aryl methyl sites for hydroxylation is 1. The number of methoxy groups -OCH3 is 1. The second kappa shape index (κ2) is 11.2. The monoisotopic (exact) mass is 467 g/mol. The van der Waals surface area contributed by atoms with Gasteiger partial charge in [-0.2, -0.15) is 0 Å². The highest BCUT2D eigenvalue weighted by Gasteiger charge is 2.46. The van der Waals surface area contributed by atoms with Crippen LogP contribution in [0.25, 0.3) is 5.76 Å². The van der Waals surface area contributed by atoms with E-state index in [0.29, 0.717) is 41.8 Å². The molecule has 7 nitrogen and oxygen atoms in total. The fraction of sp³-hybridized carbons (Fsp3) is 0.407. The zero-order valence-electron chi connectivity index (χ0n) is 20.5. The number of aliphatic hydroxyl groups excluding tert-OH is 1. The van der Waals surface area contributed by atoms with Crippen molar-refractivity contribution in [1.82, 2.24) is 4.90 Å². The first kappa shape index (κ1) is 25.3. The SMILES string of the molecule is CCOc1ccc(/C(O)=C2\C(=O)C(=O)N(CCOC)C2c2cccc(OCC(C)C)c2)cc1C. The highest BCUT2D eigenvalue weighted by Crippen LogP contribution is 2.40. The number of rotatable bonds is 10. The van der Waals surface area contributed by atoms with E-state index >= 15 is 0 Å². The molecule has 1 fully saturated rings. The number of nitrogens with zero attached hydrogens (tertiary/aromatic N) is 1. The van der Waals surface area contributed by atoms with Gasteiger partial charge in [-0.05, 0) is 61.2 Å². The Morgan fingerprint density at radius 2 is 1.88 bits per heavy atom. The number of ketones is 1. The normalized spacial score (nSPS) is 17.5. The average molecular weight is 468 g/mol. The maximum Gasteiger partial charge on any atom is 0.295 e. The molecule has 0 saturated carbocycles. The molecule has 0 spiro atoms. The predicted molar refractivity (Wildman–Crippen MR) is 130 cm³/mol. The van der Waals surface area contributed by atoms with Crippen LogP contribution in [-0.2, 0) is 14.3 Å². The fourth-order valence-electron chi connectivity index (χ4n) is 3.95. The number of likely N-dealkylation sites (tertiary alicyclic amines) is 1. The van der Waals surface area contributed by atoms with Crippen molar-refractivity contribution in [3.63, 3.8) is 0 Å². The Kier molecular flexibility index (Phi) is 8.34. The molecule has 0 bridgehead atoms. The quantitative estimate of drug-likeness (QED) is 0.315. The highest BCUT2D eigenvalue weighted by molar-refractivity contribution is 6.46. The standard InChI is InChI=1S/C27H33NO6/c1-6-33-22-11-10-20(14-18(22)4)25(29)23-24(28(12-13-32-5)27(31)26(23)30)19-8-7-9-21(15-19)34-16-17(2)3/h7-11,14-15,17,24,29H,6,12-13,16H2,1-5H3/b25-23+. The molecule has 0 radical (unpaired) electrons. The fourth-order valence-corrected chi connectivity index (χ4v) is 3.95. The highest BCUT2D eigenvalue weighted by atomic mass is 16.5. The van der Waals surface area contributed by atoms with Crippen LogP contribution in [0, 0.1) is 12.8 Å². The van der Waals surface area contributed by atoms with Crippen LogP contribution in [0.5, 0.6) is 11.5 Å². The third kappa shape index (κ3) is 5.42. The van der Waals surface area contributed by atoms with E-state index in [9.17, 15) is 14.7 Å². The number of carbonyl (C=O) groups is 2. The summed E-state index contributed by atoms with van der Waals surface area (Å²) in [5.74, 6) is 0.0757. The smallest absolute Gasteiger partial charge is 0.295 e. The van der Waals surface area contributed by atoms with E-state index in [1.807, 2.05) is 38.1 Å². The van der Waals surface area contributed by atoms with Gasteiger partial charge in [-0.1, -0.05) is 26.0 Å². The molecule has 1 N–H and O–H groups in total. The number of Topliss-reactive ketones (excluding diaryl/α,β-unsaturated/α-hetero) is 1. The molecule has 7 heteroatoms. The number of carbonyl (C=O) groups excluding carboxylic acids is 2. The minimum atomic E-state index is -0.760. The molecule has 2 aromatic carbocycles. The van der Waals surface area contributed by atoms with Gasteiger partial charge < -0.3 is 24.2 Å². The molecule has 1 amide bonds. The second-order valence-corrected chi connectivity index (χ2v) is 8.68. The van der Waals surface area contributed by atoms with E-state index < -0.39 is 17.7 Å². The number of aliphatic hydroxyl groups is 1. The van der Waals surface area contributed by atoms with E-state index in [4.69, 9.17) is 14.2 Å². The van der Waals surface area contributed by atoms with Crippen molar-refractivity contribution in [1.29, 1.82) is 0 Å². The minimum Gasteiger partial charge on any atom is -0.507 e. The van der Waals surface area contributed by atoms with Crippen molar-refractivity contribution in [3.05, 3.63) is 64.7 Å². The molecule has 182 valence electrons. The molecular formula is C27H33NO6. The molecule has 3 rings (SSSR count). The Balaban J connectivity index is 2.10. The lowest BCUT2D eigenvalue weighted by molar-refractivity contribution is -0.140. The van der Waals surface area contributed by atoms with Crippen LogP contribution in [0.15, 0.2) is 48.0 Å². The third-order valence-electron chi connectivity index (χ3n) is 5.58. The summed E-state index contributed by atoms with van der Waals surface area (Å²) in [6, 6.07) is 11.7. The van der Waals surface area contributed by atoms with Crippen molar-refractivity contribution >= 4 is 17.4 Å². The summed E-state index contributed by atoms with van der Waals surface area (Å²) >= 11 is 0. The van der Waals surface area contributed by atoms with Crippen molar-refractivity contribution in [2.75, 3.05) is 33.5 Å². The van der Waals surface area contributed by atoms with Gasteiger partial charge in [-0.25, -0.2) is 0 Å². The van der Waals surface area contributed by atoms with E-state index in [1.165, 1.54) is 12.0 Å². The molecule has 1 unspecified atom stereocenters. The number of ether oxygens (including phenoxy) is 3. The number of amides is 1. The van der Waals surface area contributed by atoms with Crippen molar-refractivity contribution in [2.45, 2.75) is 33.7 Å². The summed E-state index contributed by atoms with van der Waals surface area (Å²) in [6.07, 6.45) is 0. The maximum atomic E-state index is 13.1. The summed E-state index contributed by atoms with van der Waals surface area (Å²) in [7, 11) is 1.54. The first-order chi connectivity index (χ1) is 16.3. The van der Waals surface area contributed by atoms with Gasteiger partial charge in [-0.15, -0.1) is 0 Å². The Morgan fingerprint density at radius 3 is 2.53 bits per heavy atom. The summed E-state index contributed by atoms with van der Waals surface area (Å²) in [4.78, 5) is 27.5. The molecule has 0 aliphatic carbocycles. The van der Waals surface area contributed by atoms with Gasteiger partial charge in [0.25, 0.3) is 11.7 Å². The van der Waals surface area contributed by atoms with Crippen LogP contribution in [0.1, 0.15) is 43.5 Å². The predicted octanol–water partition coefficient (Wildman–Crippen LogP) is 4.50. The molecule has 1 aliphatic rings. The first-order valence-corrected chi connectivity index (χ1v) is 11.5. The molecule has 1 saturated heterocycles. The van der Waals surface area contributed by atoms with Gasteiger partial charge >= 0.3 is 0 Å². The van der Waals surface area contributed by atoms with E-state index in [-0.39, 0.29) is 24.5 Å². The Hall–Kier alpha value is -3.32. The summed E-state index contributed by atoms with van der Waals surface area (Å²) < 4.78 is 16.6. The van der Waals surface area contributed by atoms with Crippen LogP contribution < -0.4 is 9.47 Å². The summed E-state index contributed by atoms with van der Waals surface area (Å²) in [6.45, 7) is 9.41. The van der Waals surface area contributed by atoms with Crippen molar-refractivity contribution in [3.8, 4) is 11.5 Å². The van der Waals surface area contributed by atoms with Crippen molar-refractivity contribution in [2.24, 2.45) is 5.92 Å². The van der Waals surface area contributed by atoms with Crippen molar-refractivity contribution < 1.29 is 28.9 Å². The van der Waals surface area contributed by atoms with Gasteiger partial charge in [0, 0.05) is 19.2 Å². The second-order valence-electron chi connectivity index (χ2n) is 8.68. The zero-order valence-corrected chi connectivity index (χ0v) is 20.5. The van der Waals surface area contributed by atoms with Gasteiger partial charge in [-0.3, -0.25) is 9.59 Å². The molecular weight excluding hydrogens is 434 g/mol. The summed E-state index contributed by atoms with van der Waals surface area (Å²) in [5.41, 5.74) is 1.99. The molecule has 34 heavy (non-hydrogen) atoms. The van der Waals surface area contributed by atoms with Crippen LogP contribution in [0.3, 0.4) is 0 Å². The van der Waals surface area contributed by atoms with E-state index in [2.05, 4.69) is 13.8 Å². The first-order valence-electron chi connectivity index (χ1n) is 11.5. The Bertz CT molecular complexity index is 1070. The number of benzene rings is 2. The zero-order chi connectivity index (χ0) is 24.8. The third-order valence-corrected chi connectivity index (χ3v) is 5.58.